The quantitative estimate of drug-likeness (QED) is 0.169. The number of carboxylic acids is 1. The van der Waals surface area contributed by atoms with E-state index < -0.39 is 35.3 Å². The molecule has 13 nitrogen and oxygen atoms in total. The Kier molecular flexibility index (Phi) is 9.56. The number of hydrogen-bond donors (Lipinski definition) is 4. The maximum absolute atomic E-state index is 13.2. The number of aliphatic carboxylic acids is 1. The summed E-state index contributed by atoms with van der Waals surface area (Å²) in [6.45, 7) is 6.51. The van der Waals surface area contributed by atoms with E-state index in [-0.39, 0.29) is 18.1 Å². The molecule has 2 unspecified atom stereocenters. The summed E-state index contributed by atoms with van der Waals surface area (Å²) in [7, 11) is 0. The van der Waals surface area contributed by atoms with E-state index in [0.29, 0.717) is 29.3 Å². The lowest BCUT2D eigenvalue weighted by atomic mass is 9.69. The Bertz CT molecular complexity index is 2480. The molecule has 0 radical (unpaired) electrons. The molecule has 10 rings (SSSR count). The molecule has 4 aromatic carbocycles. The number of anilines is 2. The fraction of sp³-hybridized carbons (Fsp3) is 0.354. The predicted molar refractivity (Wildman–Crippen MR) is 232 cm³/mol. The first-order valence-electron chi connectivity index (χ1n) is 21.3. The van der Waals surface area contributed by atoms with Gasteiger partial charge in [0.15, 0.2) is 0 Å². The van der Waals surface area contributed by atoms with Gasteiger partial charge in [-0.1, -0.05) is 48.5 Å². The largest absolute Gasteiger partial charge is 0.506 e. The number of nitrogens with zero attached hydrogens (tertiary/aromatic N) is 5. The van der Waals surface area contributed by atoms with Crippen molar-refractivity contribution in [2.24, 2.45) is 16.1 Å². The van der Waals surface area contributed by atoms with Gasteiger partial charge in [-0.15, -0.1) is 0 Å². The third kappa shape index (κ3) is 6.76. The van der Waals surface area contributed by atoms with Crippen molar-refractivity contribution >= 4 is 47.0 Å². The van der Waals surface area contributed by atoms with Crippen LogP contribution in [0.15, 0.2) is 102 Å². The highest BCUT2D eigenvalue weighted by molar-refractivity contribution is 6.09. The standard InChI is InChI=1S/C48H49N7O6/c49-38(46(60)61)25-48(32-4-2-1-3-5-32)27-50-43-40(56)14-12-36(42(43)48)30-6-8-33(9-7-30)53-22-18-47(19-23-53)28-54(29-47)34-16-20-52(21-17-34)35-10-11-37-31(24-35)26-55(45(37)59)39-13-15-41(57)51-44(39)58/h1-15,24,27,34,38-39,56H,16-23,25-26,28-29,49H2,(H,60,61)(H,51,57,58)/t38-,39?,48?/m0/s1. The third-order valence-electron chi connectivity index (χ3n) is 14.2. The van der Waals surface area contributed by atoms with Crippen molar-refractivity contribution in [2.45, 2.75) is 62.2 Å². The van der Waals surface area contributed by atoms with E-state index >= 15 is 0 Å². The average Bonchev–Trinajstić information content (AvgIpc) is 3.81. The highest BCUT2D eigenvalue weighted by Gasteiger charge is 2.48. The van der Waals surface area contributed by atoms with Crippen LogP contribution in [0.5, 0.6) is 5.75 Å². The molecule has 6 aliphatic rings. The fourth-order valence-corrected chi connectivity index (χ4v) is 10.8. The SMILES string of the molecule is N[C@@H](CC1(c2ccccc2)C=Nc2c(O)ccc(-c3ccc(N4CCC5(CC4)CN(C4CCN(c6ccc7c(c6)CN(C6C=CC(=O)NC6=O)C7=O)CC4)C5)cc3)c21)C(=O)O. The minimum absolute atomic E-state index is 0.0475. The number of aromatic hydroxyl groups is 1. The molecule has 5 N–H and O–H groups in total. The molecule has 312 valence electrons. The van der Waals surface area contributed by atoms with Crippen LogP contribution in [0.2, 0.25) is 0 Å². The number of imide groups is 1. The first-order chi connectivity index (χ1) is 29.5. The number of phenols is 1. The zero-order valence-corrected chi connectivity index (χ0v) is 33.9. The predicted octanol–water partition coefficient (Wildman–Crippen LogP) is 4.97. The van der Waals surface area contributed by atoms with Crippen molar-refractivity contribution in [1.29, 1.82) is 0 Å². The van der Waals surface area contributed by atoms with Gasteiger partial charge >= 0.3 is 5.97 Å². The maximum atomic E-state index is 13.2. The molecule has 0 saturated carbocycles. The van der Waals surface area contributed by atoms with E-state index in [4.69, 9.17) is 5.73 Å². The van der Waals surface area contributed by atoms with Crippen LogP contribution >= 0.6 is 0 Å². The molecule has 0 bridgehead atoms. The van der Waals surface area contributed by atoms with Gasteiger partial charge in [0.1, 0.15) is 23.5 Å². The number of rotatable bonds is 9. The summed E-state index contributed by atoms with van der Waals surface area (Å²) in [6.07, 6.45) is 9.14. The number of nitrogens with two attached hydrogens (primary N) is 1. The lowest BCUT2D eigenvalue weighted by Gasteiger charge is -2.57. The number of aliphatic imine (C=N–C) groups is 1. The number of amides is 3. The summed E-state index contributed by atoms with van der Waals surface area (Å²) < 4.78 is 0. The third-order valence-corrected chi connectivity index (χ3v) is 14.2. The number of carbonyl (C=O) groups excluding carboxylic acids is 3. The number of carboxylic acid groups (broad SMARTS) is 1. The number of piperidine rings is 2. The molecular formula is C48H49N7O6. The summed E-state index contributed by atoms with van der Waals surface area (Å²) in [5.41, 5.74) is 13.4. The van der Waals surface area contributed by atoms with Crippen LogP contribution in [0.4, 0.5) is 17.1 Å². The highest BCUT2D eigenvalue weighted by atomic mass is 16.4. The zero-order valence-electron chi connectivity index (χ0n) is 33.9. The van der Waals surface area contributed by atoms with Gasteiger partial charge < -0.3 is 30.6 Å². The smallest absolute Gasteiger partial charge is 0.320 e. The molecule has 0 aromatic heterocycles. The van der Waals surface area contributed by atoms with Gasteiger partial charge in [0, 0.05) is 86.6 Å². The van der Waals surface area contributed by atoms with Crippen molar-refractivity contribution in [2.75, 3.05) is 49.1 Å². The molecule has 3 saturated heterocycles. The van der Waals surface area contributed by atoms with Gasteiger partial charge in [-0.2, -0.15) is 0 Å². The molecule has 0 aliphatic carbocycles. The Morgan fingerprint density at radius 2 is 1.56 bits per heavy atom. The van der Waals surface area contributed by atoms with E-state index in [1.165, 1.54) is 22.7 Å². The van der Waals surface area contributed by atoms with E-state index in [2.05, 4.69) is 55.3 Å². The van der Waals surface area contributed by atoms with Crippen LogP contribution < -0.4 is 20.9 Å². The van der Waals surface area contributed by atoms with Crippen LogP contribution in [-0.2, 0) is 26.3 Å². The van der Waals surface area contributed by atoms with Crippen LogP contribution in [0.3, 0.4) is 0 Å². The Morgan fingerprint density at radius 1 is 0.869 bits per heavy atom. The van der Waals surface area contributed by atoms with Gasteiger partial charge in [-0.25, -0.2) is 0 Å². The van der Waals surface area contributed by atoms with Crippen LogP contribution in [0, 0.1) is 5.41 Å². The number of fused-ring (bicyclic) bond motifs is 2. The second kappa shape index (κ2) is 15.0. The summed E-state index contributed by atoms with van der Waals surface area (Å²) in [4.78, 5) is 63.0. The number of carbonyl (C=O) groups is 4. The maximum Gasteiger partial charge on any atom is 0.320 e. The Labute approximate surface area is 354 Å². The van der Waals surface area contributed by atoms with E-state index in [9.17, 15) is 29.4 Å². The van der Waals surface area contributed by atoms with Crippen molar-refractivity contribution in [1.82, 2.24) is 15.1 Å². The molecular weight excluding hydrogens is 771 g/mol. The second-order valence-corrected chi connectivity index (χ2v) is 17.7. The van der Waals surface area contributed by atoms with Gasteiger partial charge in [0.05, 0.1) is 5.41 Å². The zero-order chi connectivity index (χ0) is 42.0. The summed E-state index contributed by atoms with van der Waals surface area (Å²) in [5, 5.41) is 23.1. The molecule has 3 amide bonds. The van der Waals surface area contributed by atoms with Crippen molar-refractivity contribution < 1.29 is 29.4 Å². The van der Waals surface area contributed by atoms with Crippen LogP contribution in [-0.4, -0.2) is 107 Å². The molecule has 4 aromatic rings. The first-order valence-corrected chi connectivity index (χ1v) is 21.3. The average molecular weight is 820 g/mol. The minimum Gasteiger partial charge on any atom is -0.506 e. The van der Waals surface area contributed by atoms with Gasteiger partial charge in [0.25, 0.3) is 11.8 Å². The van der Waals surface area contributed by atoms with E-state index in [0.717, 1.165) is 98.5 Å². The Morgan fingerprint density at radius 3 is 2.26 bits per heavy atom. The molecule has 6 aliphatic heterocycles. The lowest BCUT2D eigenvalue weighted by molar-refractivity contribution is -0.139. The fourth-order valence-electron chi connectivity index (χ4n) is 10.8. The monoisotopic (exact) mass is 819 g/mol. The summed E-state index contributed by atoms with van der Waals surface area (Å²) >= 11 is 0. The van der Waals surface area contributed by atoms with Gasteiger partial charge in [-0.05, 0) is 102 Å². The number of nitrogens with one attached hydrogen (secondary N) is 1. The second-order valence-electron chi connectivity index (χ2n) is 17.7. The van der Waals surface area contributed by atoms with Crippen molar-refractivity contribution in [3.8, 4) is 16.9 Å². The molecule has 61 heavy (non-hydrogen) atoms. The highest BCUT2D eigenvalue weighted by Crippen LogP contribution is 2.52. The first kappa shape index (κ1) is 38.9. The number of hydrogen-bond acceptors (Lipinski definition) is 10. The van der Waals surface area contributed by atoms with E-state index in [1.54, 1.807) is 12.3 Å². The van der Waals surface area contributed by atoms with Crippen LogP contribution in [0.1, 0.15) is 59.2 Å². The van der Waals surface area contributed by atoms with E-state index in [1.807, 2.05) is 48.5 Å². The van der Waals surface area contributed by atoms with Crippen molar-refractivity contribution in [3.63, 3.8) is 0 Å². The summed E-state index contributed by atoms with van der Waals surface area (Å²) in [5.74, 6) is -2.15. The number of benzene rings is 4. The molecule has 3 atom stereocenters. The lowest BCUT2D eigenvalue weighted by Crippen LogP contribution is -2.64. The number of phenolic OH excluding ortho intramolecular Hbond substituents is 1. The van der Waals surface area contributed by atoms with Gasteiger partial charge in [-0.3, -0.25) is 34.4 Å². The van der Waals surface area contributed by atoms with Gasteiger partial charge in [0.2, 0.25) is 5.91 Å². The van der Waals surface area contributed by atoms with Crippen LogP contribution in [0.25, 0.3) is 11.1 Å². The molecule has 13 heteroatoms. The molecule has 3 fully saturated rings. The topological polar surface area (TPSA) is 172 Å². The Hall–Kier alpha value is -6.31. The molecule has 6 heterocycles. The summed E-state index contributed by atoms with van der Waals surface area (Å²) in [6, 6.07) is 26.4. The minimum atomic E-state index is -1.13. The normalized spacial score (nSPS) is 23.9. The van der Waals surface area contributed by atoms with Crippen molar-refractivity contribution in [3.05, 3.63) is 119 Å². The number of likely N-dealkylation sites (tertiary alicyclic amines) is 1. The Balaban J connectivity index is 0.752. The molecule has 1 spiro atoms.